The molecule has 3 rings (SSSR count). The van der Waals surface area contributed by atoms with Crippen LogP contribution in [0.5, 0.6) is 0 Å². The largest absolute Gasteiger partial charge is 0.337 e. The van der Waals surface area contributed by atoms with Crippen molar-refractivity contribution < 1.29 is 4.79 Å². The lowest BCUT2D eigenvalue weighted by Crippen LogP contribution is -2.49. The van der Waals surface area contributed by atoms with Gasteiger partial charge in [-0.1, -0.05) is 61.5 Å². The number of carbonyl (C=O) groups is 1. The molecule has 132 valence electrons. The Bertz CT molecular complexity index is 687. The average Bonchev–Trinajstić information content (AvgIpc) is 2.66. The monoisotopic (exact) mass is 337 g/mol. The van der Waals surface area contributed by atoms with E-state index in [1.54, 1.807) is 0 Å². The molecule has 3 N–H and O–H groups in total. The van der Waals surface area contributed by atoms with E-state index in [2.05, 4.69) is 59.3 Å². The van der Waals surface area contributed by atoms with Gasteiger partial charge in [0.25, 0.3) is 0 Å². The molecule has 1 unspecified atom stereocenters. The van der Waals surface area contributed by atoms with Crippen LogP contribution in [0.15, 0.2) is 54.6 Å². The predicted octanol–water partition coefficient (Wildman–Crippen LogP) is 3.02. The molecule has 0 aliphatic carbocycles. The van der Waals surface area contributed by atoms with E-state index in [9.17, 15) is 4.79 Å². The van der Waals surface area contributed by atoms with Gasteiger partial charge >= 0.3 is 6.03 Å². The lowest BCUT2D eigenvalue weighted by Gasteiger charge is -2.26. The third-order valence-corrected chi connectivity index (χ3v) is 4.83. The molecule has 2 amide bonds. The van der Waals surface area contributed by atoms with Crippen LogP contribution in [0.4, 0.5) is 4.79 Å². The van der Waals surface area contributed by atoms with E-state index >= 15 is 0 Å². The second kappa shape index (κ2) is 8.67. The Morgan fingerprint density at radius 2 is 1.84 bits per heavy atom. The van der Waals surface area contributed by atoms with Gasteiger partial charge in [0, 0.05) is 25.2 Å². The van der Waals surface area contributed by atoms with Crippen LogP contribution in [0.1, 0.15) is 30.0 Å². The maximum absolute atomic E-state index is 12.2. The van der Waals surface area contributed by atoms with Crippen molar-refractivity contribution in [1.82, 2.24) is 16.0 Å². The van der Waals surface area contributed by atoms with Gasteiger partial charge in [0.15, 0.2) is 0 Å². The van der Waals surface area contributed by atoms with Crippen molar-refractivity contribution in [1.29, 1.82) is 0 Å². The molecule has 0 spiro atoms. The van der Waals surface area contributed by atoms with E-state index in [1.807, 2.05) is 18.2 Å². The summed E-state index contributed by atoms with van der Waals surface area (Å²) in [5.74, 6) is 0. The molecule has 0 radical (unpaired) electrons. The van der Waals surface area contributed by atoms with Gasteiger partial charge in [-0.25, -0.2) is 4.79 Å². The van der Waals surface area contributed by atoms with Crippen LogP contribution < -0.4 is 16.0 Å². The molecule has 0 bridgehead atoms. The van der Waals surface area contributed by atoms with Crippen molar-refractivity contribution in [2.45, 2.75) is 44.8 Å². The highest BCUT2D eigenvalue weighted by Gasteiger charge is 2.18. The first-order valence-corrected chi connectivity index (χ1v) is 9.13. The summed E-state index contributed by atoms with van der Waals surface area (Å²) in [7, 11) is 0. The number of amides is 2. The molecule has 0 saturated carbocycles. The van der Waals surface area contributed by atoms with Crippen molar-refractivity contribution in [3.05, 3.63) is 71.3 Å². The Hall–Kier alpha value is -2.33. The number of rotatable bonds is 6. The Morgan fingerprint density at radius 3 is 2.60 bits per heavy atom. The smallest absolute Gasteiger partial charge is 0.315 e. The van der Waals surface area contributed by atoms with Crippen LogP contribution in [-0.4, -0.2) is 24.7 Å². The number of fused-ring (bicyclic) bond motifs is 1. The second-order valence-corrected chi connectivity index (χ2v) is 6.70. The van der Waals surface area contributed by atoms with Gasteiger partial charge in [-0.15, -0.1) is 0 Å². The summed E-state index contributed by atoms with van der Waals surface area (Å²) >= 11 is 0. The topological polar surface area (TPSA) is 53.2 Å². The van der Waals surface area contributed by atoms with Crippen molar-refractivity contribution in [3.63, 3.8) is 0 Å². The zero-order chi connectivity index (χ0) is 17.5. The summed E-state index contributed by atoms with van der Waals surface area (Å²) in [5, 5.41) is 9.61. The minimum absolute atomic E-state index is 0.0801. The van der Waals surface area contributed by atoms with Gasteiger partial charge in [-0.2, -0.15) is 0 Å². The fourth-order valence-electron chi connectivity index (χ4n) is 3.31. The number of benzene rings is 2. The van der Waals surface area contributed by atoms with Crippen LogP contribution >= 0.6 is 0 Å². The number of hydrogen-bond donors (Lipinski definition) is 3. The first kappa shape index (κ1) is 17.5. The van der Waals surface area contributed by atoms with Gasteiger partial charge in [0.2, 0.25) is 0 Å². The Morgan fingerprint density at radius 1 is 1.12 bits per heavy atom. The fourth-order valence-corrected chi connectivity index (χ4v) is 3.31. The van der Waals surface area contributed by atoms with E-state index in [1.165, 1.54) is 16.7 Å². The minimum Gasteiger partial charge on any atom is -0.337 e. The van der Waals surface area contributed by atoms with Crippen LogP contribution in [0.25, 0.3) is 0 Å². The molecule has 1 heterocycles. The highest BCUT2D eigenvalue weighted by atomic mass is 16.2. The number of nitrogens with one attached hydrogen (secondary N) is 3. The SMILES string of the molecule is CCC(Cc1ccccc1)NC(=O)NC[C@@H]1Cc2ccccc2CN1. The van der Waals surface area contributed by atoms with Gasteiger partial charge < -0.3 is 16.0 Å². The first-order chi connectivity index (χ1) is 12.2. The third-order valence-electron chi connectivity index (χ3n) is 4.83. The summed E-state index contributed by atoms with van der Waals surface area (Å²) in [6.45, 7) is 3.62. The van der Waals surface area contributed by atoms with Crippen molar-refractivity contribution in [2.24, 2.45) is 0 Å². The molecule has 2 aromatic rings. The fraction of sp³-hybridized carbons (Fsp3) is 0.381. The van der Waals surface area contributed by atoms with E-state index in [0.717, 1.165) is 25.8 Å². The molecule has 0 saturated heterocycles. The van der Waals surface area contributed by atoms with E-state index in [0.29, 0.717) is 6.54 Å². The molecule has 1 aliphatic heterocycles. The Kier molecular flexibility index (Phi) is 6.07. The zero-order valence-corrected chi connectivity index (χ0v) is 14.8. The van der Waals surface area contributed by atoms with E-state index in [4.69, 9.17) is 0 Å². The lowest BCUT2D eigenvalue weighted by atomic mass is 9.96. The van der Waals surface area contributed by atoms with Gasteiger partial charge in [0.1, 0.15) is 0 Å². The van der Waals surface area contributed by atoms with Crippen molar-refractivity contribution in [2.75, 3.05) is 6.54 Å². The Balaban J connectivity index is 1.44. The standard InChI is InChI=1S/C21H27N3O/c1-2-19(12-16-8-4-3-5-9-16)24-21(25)23-15-20-13-17-10-6-7-11-18(17)14-22-20/h3-11,19-20,22H,2,12-15H2,1H3,(H2,23,24,25)/t19?,20-/m0/s1. The van der Waals surface area contributed by atoms with Crippen LogP contribution in [0.3, 0.4) is 0 Å². The summed E-state index contributed by atoms with van der Waals surface area (Å²) in [4.78, 5) is 12.2. The molecular formula is C21H27N3O. The molecule has 2 atom stereocenters. The molecule has 0 fully saturated rings. The quantitative estimate of drug-likeness (QED) is 0.759. The predicted molar refractivity (Wildman–Crippen MR) is 102 cm³/mol. The van der Waals surface area contributed by atoms with Crippen molar-refractivity contribution >= 4 is 6.03 Å². The molecule has 4 heteroatoms. The maximum atomic E-state index is 12.2. The van der Waals surface area contributed by atoms with Gasteiger partial charge in [-0.3, -0.25) is 0 Å². The maximum Gasteiger partial charge on any atom is 0.315 e. The van der Waals surface area contributed by atoms with Crippen LogP contribution in [-0.2, 0) is 19.4 Å². The molecule has 2 aromatic carbocycles. The normalized spacial score (nSPS) is 17.4. The van der Waals surface area contributed by atoms with Crippen LogP contribution in [0.2, 0.25) is 0 Å². The average molecular weight is 337 g/mol. The van der Waals surface area contributed by atoms with Crippen molar-refractivity contribution in [3.8, 4) is 0 Å². The highest BCUT2D eigenvalue weighted by molar-refractivity contribution is 5.74. The highest BCUT2D eigenvalue weighted by Crippen LogP contribution is 2.15. The molecule has 25 heavy (non-hydrogen) atoms. The number of urea groups is 1. The number of hydrogen-bond acceptors (Lipinski definition) is 2. The number of carbonyl (C=O) groups excluding carboxylic acids is 1. The van der Waals surface area contributed by atoms with E-state index < -0.39 is 0 Å². The molecule has 4 nitrogen and oxygen atoms in total. The lowest BCUT2D eigenvalue weighted by molar-refractivity contribution is 0.234. The third kappa shape index (κ3) is 5.07. The molecule has 0 aromatic heterocycles. The van der Waals surface area contributed by atoms with Gasteiger partial charge in [0.05, 0.1) is 0 Å². The Labute approximate surface area is 150 Å². The first-order valence-electron chi connectivity index (χ1n) is 9.13. The summed E-state index contributed by atoms with van der Waals surface area (Å²) in [6, 6.07) is 19.1. The molecule has 1 aliphatic rings. The summed E-state index contributed by atoms with van der Waals surface area (Å²) in [6.07, 6.45) is 2.73. The van der Waals surface area contributed by atoms with E-state index in [-0.39, 0.29) is 18.1 Å². The zero-order valence-electron chi connectivity index (χ0n) is 14.8. The van der Waals surface area contributed by atoms with Crippen LogP contribution in [0, 0.1) is 0 Å². The minimum atomic E-state index is -0.0801. The summed E-state index contributed by atoms with van der Waals surface area (Å²) in [5.41, 5.74) is 3.99. The van der Waals surface area contributed by atoms with Gasteiger partial charge in [-0.05, 0) is 36.0 Å². The molecular weight excluding hydrogens is 310 g/mol. The summed E-state index contributed by atoms with van der Waals surface area (Å²) < 4.78 is 0. The second-order valence-electron chi connectivity index (χ2n) is 6.70.